The molecule has 1 aromatic carbocycles. The maximum absolute atomic E-state index is 8.92. The lowest BCUT2D eigenvalue weighted by atomic mass is 10.0. The van der Waals surface area contributed by atoms with Crippen molar-refractivity contribution in [3.63, 3.8) is 0 Å². The molecule has 0 spiro atoms. The largest absolute Gasteiger partial charge is 0.367 e. The van der Waals surface area contributed by atoms with Crippen LogP contribution in [0.1, 0.15) is 22.4 Å². The number of rotatable bonds is 4. The molecule has 0 aliphatic rings. The fourth-order valence-electron chi connectivity index (χ4n) is 1.99. The summed E-state index contributed by atoms with van der Waals surface area (Å²) in [5.41, 5.74) is 4.21. The Morgan fingerprint density at radius 1 is 1.21 bits per heavy atom. The molecule has 0 fully saturated rings. The highest BCUT2D eigenvalue weighted by molar-refractivity contribution is 5.46. The van der Waals surface area contributed by atoms with Gasteiger partial charge < -0.3 is 5.32 Å². The molecule has 1 aromatic heterocycles. The van der Waals surface area contributed by atoms with Gasteiger partial charge in [0.25, 0.3) is 0 Å². The summed E-state index contributed by atoms with van der Waals surface area (Å²) in [6.07, 6.45) is 4.00. The van der Waals surface area contributed by atoms with Gasteiger partial charge in [-0.05, 0) is 31.4 Å². The van der Waals surface area contributed by atoms with E-state index in [4.69, 9.17) is 5.26 Å². The number of hydrogen-bond acceptors (Lipinski definition) is 4. The lowest BCUT2D eigenvalue weighted by Gasteiger charge is -2.09. The van der Waals surface area contributed by atoms with Crippen LogP contribution in [-0.4, -0.2) is 16.5 Å². The zero-order valence-electron chi connectivity index (χ0n) is 11.1. The van der Waals surface area contributed by atoms with Gasteiger partial charge in [0.1, 0.15) is 6.07 Å². The Morgan fingerprint density at radius 2 is 2.00 bits per heavy atom. The first kappa shape index (κ1) is 13.0. The van der Waals surface area contributed by atoms with Crippen molar-refractivity contribution in [3.05, 3.63) is 53.0 Å². The van der Waals surface area contributed by atoms with E-state index in [0.29, 0.717) is 11.5 Å². The Morgan fingerprint density at radius 3 is 2.74 bits per heavy atom. The number of aromatic nitrogens is 2. The van der Waals surface area contributed by atoms with Gasteiger partial charge in [-0.3, -0.25) is 0 Å². The predicted octanol–water partition coefficient (Wildman–Crippen LogP) is 2.62. The van der Waals surface area contributed by atoms with Crippen molar-refractivity contribution < 1.29 is 0 Å². The molecule has 0 aliphatic heterocycles. The highest BCUT2D eigenvalue weighted by Crippen LogP contribution is 2.12. The quantitative estimate of drug-likeness (QED) is 0.908. The molecular formula is C15H16N4. The van der Waals surface area contributed by atoms with Crippen LogP contribution in [0.2, 0.25) is 0 Å². The van der Waals surface area contributed by atoms with E-state index in [9.17, 15) is 0 Å². The molecule has 4 nitrogen and oxygen atoms in total. The summed E-state index contributed by atoms with van der Waals surface area (Å²) in [5.74, 6) is 0.551. The van der Waals surface area contributed by atoms with E-state index >= 15 is 0 Å². The maximum Gasteiger partial charge on any atom is 0.182 e. The average molecular weight is 252 g/mol. The summed E-state index contributed by atoms with van der Waals surface area (Å²) >= 11 is 0. The Labute approximate surface area is 113 Å². The minimum atomic E-state index is 0.336. The first-order chi connectivity index (χ1) is 9.20. The van der Waals surface area contributed by atoms with Crippen molar-refractivity contribution in [1.29, 1.82) is 5.26 Å². The van der Waals surface area contributed by atoms with E-state index in [0.717, 1.165) is 13.0 Å². The van der Waals surface area contributed by atoms with Crippen LogP contribution in [0.5, 0.6) is 0 Å². The highest BCUT2D eigenvalue weighted by Gasteiger charge is 2.03. The third-order valence-corrected chi connectivity index (χ3v) is 2.99. The SMILES string of the molecule is Cc1ccc(CCNc2nccnc2C#N)c(C)c1. The van der Waals surface area contributed by atoms with Crippen molar-refractivity contribution >= 4 is 5.82 Å². The second-order valence-corrected chi connectivity index (χ2v) is 4.47. The van der Waals surface area contributed by atoms with E-state index in [1.54, 1.807) is 6.20 Å². The molecule has 0 radical (unpaired) electrons. The number of anilines is 1. The number of nitrogens with one attached hydrogen (secondary N) is 1. The van der Waals surface area contributed by atoms with Gasteiger partial charge in [-0.1, -0.05) is 23.8 Å². The number of benzene rings is 1. The van der Waals surface area contributed by atoms with Gasteiger partial charge in [0, 0.05) is 18.9 Å². The van der Waals surface area contributed by atoms with Gasteiger partial charge in [0.2, 0.25) is 0 Å². The molecule has 0 bridgehead atoms. The summed E-state index contributed by atoms with van der Waals surface area (Å²) in [6.45, 7) is 4.94. The first-order valence-electron chi connectivity index (χ1n) is 6.22. The van der Waals surface area contributed by atoms with Gasteiger partial charge in [-0.15, -0.1) is 0 Å². The minimum absolute atomic E-state index is 0.336. The number of nitriles is 1. The molecule has 96 valence electrons. The molecule has 0 saturated carbocycles. The van der Waals surface area contributed by atoms with Crippen LogP contribution in [0, 0.1) is 25.2 Å². The molecule has 0 unspecified atom stereocenters. The molecule has 19 heavy (non-hydrogen) atoms. The third-order valence-electron chi connectivity index (χ3n) is 2.99. The number of nitrogens with zero attached hydrogens (tertiary/aromatic N) is 3. The molecule has 2 rings (SSSR count). The van der Waals surface area contributed by atoms with Gasteiger partial charge in [-0.25, -0.2) is 9.97 Å². The van der Waals surface area contributed by atoms with Crippen molar-refractivity contribution in [1.82, 2.24) is 9.97 Å². The van der Waals surface area contributed by atoms with E-state index in [-0.39, 0.29) is 0 Å². The molecule has 1 N–H and O–H groups in total. The summed E-state index contributed by atoms with van der Waals surface area (Å²) in [4.78, 5) is 8.09. The molecule has 2 aromatic rings. The van der Waals surface area contributed by atoms with Crippen LogP contribution in [0.15, 0.2) is 30.6 Å². The molecule has 0 amide bonds. The minimum Gasteiger partial charge on any atom is -0.367 e. The van der Waals surface area contributed by atoms with Crippen LogP contribution in [0.3, 0.4) is 0 Å². The summed E-state index contributed by atoms with van der Waals surface area (Å²) in [7, 11) is 0. The van der Waals surface area contributed by atoms with Gasteiger partial charge in [0.15, 0.2) is 11.5 Å². The van der Waals surface area contributed by atoms with Crippen molar-refractivity contribution in [2.24, 2.45) is 0 Å². The predicted molar refractivity (Wildman–Crippen MR) is 74.9 cm³/mol. The monoisotopic (exact) mass is 252 g/mol. The lowest BCUT2D eigenvalue weighted by molar-refractivity contribution is 0.983. The number of aryl methyl sites for hydroxylation is 2. The van der Waals surface area contributed by atoms with Gasteiger partial charge in [-0.2, -0.15) is 5.26 Å². The Balaban J connectivity index is 1.99. The van der Waals surface area contributed by atoms with E-state index in [1.807, 2.05) is 6.07 Å². The second-order valence-electron chi connectivity index (χ2n) is 4.47. The van der Waals surface area contributed by atoms with Crippen LogP contribution in [0.25, 0.3) is 0 Å². The highest BCUT2D eigenvalue weighted by atomic mass is 15.0. The van der Waals surface area contributed by atoms with Crippen LogP contribution >= 0.6 is 0 Å². The molecular weight excluding hydrogens is 236 g/mol. The Bertz CT molecular complexity index is 614. The van der Waals surface area contributed by atoms with Crippen LogP contribution < -0.4 is 5.32 Å². The van der Waals surface area contributed by atoms with Gasteiger partial charge in [0.05, 0.1) is 0 Å². The standard InChI is InChI=1S/C15H16N4/c1-11-3-4-13(12(2)9-11)5-6-18-15-14(10-16)17-7-8-19-15/h3-4,7-9H,5-6H2,1-2H3,(H,18,19). The summed E-state index contributed by atoms with van der Waals surface area (Å²) < 4.78 is 0. The first-order valence-corrected chi connectivity index (χ1v) is 6.22. The summed E-state index contributed by atoms with van der Waals surface area (Å²) in [6, 6.07) is 8.47. The van der Waals surface area contributed by atoms with E-state index in [2.05, 4.69) is 47.3 Å². The van der Waals surface area contributed by atoms with Crippen molar-refractivity contribution in [3.8, 4) is 6.07 Å². The van der Waals surface area contributed by atoms with Gasteiger partial charge >= 0.3 is 0 Å². The van der Waals surface area contributed by atoms with E-state index in [1.165, 1.54) is 22.9 Å². The zero-order chi connectivity index (χ0) is 13.7. The summed E-state index contributed by atoms with van der Waals surface area (Å²) in [5, 5.41) is 12.1. The fourth-order valence-corrected chi connectivity index (χ4v) is 1.99. The Kier molecular flexibility index (Phi) is 4.09. The molecule has 0 aliphatic carbocycles. The number of hydrogen-bond donors (Lipinski definition) is 1. The van der Waals surface area contributed by atoms with E-state index < -0.39 is 0 Å². The zero-order valence-corrected chi connectivity index (χ0v) is 11.1. The van der Waals surface area contributed by atoms with Crippen molar-refractivity contribution in [2.75, 3.05) is 11.9 Å². The normalized spacial score (nSPS) is 9.95. The lowest BCUT2D eigenvalue weighted by Crippen LogP contribution is -2.09. The third kappa shape index (κ3) is 3.29. The van der Waals surface area contributed by atoms with Crippen LogP contribution in [-0.2, 0) is 6.42 Å². The maximum atomic E-state index is 8.92. The molecule has 1 heterocycles. The molecule has 0 atom stereocenters. The smallest absolute Gasteiger partial charge is 0.182 e. The van der Waals surface area contributed by atoms with Crippen molar-refractivity contribution in [2.45, 2.75) is 20.3 Å². The molecule has 4 heteroatoms. The average Bonchev–Trinajstić information content (AvgIpc) is 2.42. The topological polar surface area (TPSA) is 61.6 Å². The van der Waals surface area contributed by atoms with Crippen LogP contribution in [0.4, 0.5) is 5.82 Å². The Hall–Kier alpha value is -2.41. The fraction of sp³-hybridized carbons (Fsp3) is 0.267. The molecule has 0 saturated heterocycles. The second kappa shape index (κ2) is 5.96.